The van der Waals surface area contributed by atoms with Crippen molar-refractivity contribution in [3.05, 3.63) is 83.7 Å². The van der Waals surface area contributed by atoms with Gasteiger partial charge in [0.1, 0.15) is 11.2 Å². The minimum Gasteiger partial charge on any atom is -0.444 e. The Balaban J connectivity index is 1.93. The summed E-state index contributed by atoms with van der Waals surface area (Å²) in [5.41, 5.74) is -0.819. The highest BCUT2D eigenvalue weighted by molar-refractivity contribution is 5.69. The van der Waals surface area contributed by atoms with Crippen molar-refractivity contribution in [2.24, 2.45) is 13.0 Å². The van der Waals surface area contributed by atoms with E-state index in [1.54, 1.807) is 58.2 Å². The molecule has 37 heavy (non-hydrogen) atoms. The van der Waals surface area contributed by atoms with Crippen LogP contribution in [0.25, 0.3) is 0 Å². The molecule has 1 saturated heterocycles. The molecule has 198 valence electrons. The third kappa shape index (κ3) is 5.79. The van der Waals surface area contributed by atoms with E-state index in [4.69, 9.17) is 9.47 Å². The number of piperidine rings is 1. The first kappa shape index (κ1) is 26.7. The summed E-state index contributed by atoms with van der Waals surface area (Å²) in [5.74, 6) is -1.87. The standard InChI is InChI=1S/C27H31F3N4O3/c1-25(2,3)37-24(35)34-17-21(27(28,29)30)15-26(22-16-31-32-33(22)4,23(34)20-13-9-6-10-14-20)36-18-19-11-7-5-8-12-19/h5-14,16,21,23H,15,17-18H2,1-4H3. The van der Waals surface area contributed by atoms with E-state index >= 15 is 0 Å². The van der Waals surface area contributed by atoms with E-state index < -0.39 is 48.4 Å². The number of likely N-dealkylation sites (tertiary alicyclic amines) is 1. The number of aryl methyl sites for hydroxylation is 1. The number of nitrogens with zero attached hydrogens (tertiary/aromatic N) is 4. The van der Waals surface area contributed by atoms with Crippen molar-refractivity contribution in [1.29, 1.82) is 0 Å². The largest absolute Gasteiger partial charge is 0.444 e. The molecule has 7 nitrogen and oxygen atoms in total. The van der Waals surface area contributed by atoms with Crippen LogP contribution in [0.5, 0.6) is 0 Å². The minimum absolute atomic E-state index is 0.0160. The smallest absolute Gasteiger partial charge is 0.410 e. The fourth-order valence-corrected chi connectivity index (χ4v) is 4.86. The zero-order valence-corrected chi connectivity index (χ0v) is 21.3. The highest BCUT2D eigenvalue weighted by Gasteiger charge is 2.59. The summed E-state index contributed by atoms with van der Waals surface area (Å²) >= 11 is 0. The Morgan fingerprint density at radius 2 is 1.68 bits per heavy atom. The second-order valence-corrected chi connectivity index (χ2v) is 10.3. The molecule has 3 unspecified atom stereocenters. The first-order valence-corrected chi connectivity index (χ1v) is 12.0. The number of benzene rings is 2. The molecule has 1 aromatic heterocycles. The van der Waals surface area contributed by atoms with Crippen molar-refractivity contribution >= 4 is 6.09 Å². The Morgan fingerprint density at radius 3 is 2.22 bits per heavy atom. The number of hydrogen-bond donors (Lipinski definition) is 0. The minimum atomic E-state index is -4.59. The molecular formula is C27H31F3N4O3. The first-order chi connectivity index (χ1) is 17.4. The number of amides is 1. The van der Waals surface area contributed by atoms with Crippen molar-refractivity contribution in [3.8, 4) is 0 Å². The van der Waals surface area contributed by atoms with Crippen LogP contribution in [0.4, 0.5) is 18.0 Å². The van der Waals surface area contributed by atoms with Crippen molar-refractivity contribution in [2.75, 3.05) is 6.54 Å². The fourth-order valence-electron chi connectivity index (χ4n) is 4.86. The normalized spacial score (nSPS) is 22.6. The molecular weight excluding hydrogens is 485 g/mol. The maximum atomic E-state index is 14.4. The van der Waals surface area contributed by atoms with Crippen LogP contribution < -0.4 is 0 Å². The van der Waals surface area contributed by atoms with Gasteiger partial charge in [-0.2, -0.15) is 13.2 Å². The van der Waals surface area contributed by atoms with E-state index in [1.165, 1.54) is 10.9 Å². The Labute approximate surface area is 214 Å². The maximum Gasteiger partial charge on any atom is 0.410 e. The molecule has 1 aliphatic heterocycles. The van der Waals surface area contributed by atoms with Crippen LogP contribution in [0.3, 0.4) is 0 Å². The summed E-state index contributed by atoms with van der Waals surface area (Å²) in [4.78, 5) is 14.7. The number of aromatic nitrogens is 3. The molecule has 0 N–H and O–H groups in total. The topological polar surface area (TPSA) is 69.5 Å². The van der Waals surface area contributed by atoms with Crippen molar-refractivity contribution in [2.45, 2.75) is 57.2 Å². The van der Waals surface area contributed by atoms with Gasteiger partial charge in [-0.25, -0.2) is 9.48 Å². The molecule has 10 heteroatoms. The number of rotatable bonds is 5. The second kappa shape index (κ2) is 10.2. The number of hydrogen-bond acceptors (Lipinski definition) is 5. The Kier molecular flexibility index (Phi) is 7.32. The van der Waals surface area contributed by atoms with E-state index in [9.17, 15) is 18.0 Å². The van der Waals surface area contributed by atoms with Gasteiger partial charge < -0.3 is 9.47 Å². The van der Waals surface area contributed by atoms with Crippen LogP contribution in [0.15, 0.2) is 66.9 Å². The van der Waals surface area contributed by atoms with Crippen LogP contribution in [0.1, 0.15) is 50.1 Å². The summed E-state index contributed by atoms with van der Waals surface area (Å²) in [6.45, 7) is 4.48. The molecule has 3 aromatic rings. The Morgan fingerprint density at radius 1 is 1.05 bits per heavy atom. The molecule has 0 saturated carbocycles. The van der Waals surface area contributed by atoms with Crippen molar-refractivity contribution < 1.29 is 27.4 Å². The lowest BCUT2D eigenvalue weighted by atomic mass is 9.74. The van der Waals surface area contributed by atoms with Gasteiger partial charge in [-0.1, -0.05) is 65.9 Å². The van der Waals surface area contributed by atoms with Gasteiger partial charge in [0, 0.05) is 13.6 Å². The zero-order valence-electron chi connectivity index (χ0n) is 21.3. The highest BCUT2D eigenvalue weighted by Crippen LogP contribution is 2.53. The lowest BCUT2D eigenvalue weighted by molar-refractivity contribution is -0.235. The van der Waals surface area contributed by atoms with Gasteiger partial charge in [0.15, 0.2) is 0 Å². The van der Waals surface area contributed by atoms with Gasteiger partial charge in [-0.3, -0.25) is 4.90 Å². The Hall–Kier alpha value is -3.40. The lowest BCUT2D eigenvalue weighted by Crippen LogP contribution is -2.58. The number of alkyl halides is 3. The van der Waals surface area contributed by atoms with Gasteiger partial charge in [-0.15, -0.1) is 5.10 Å². The molecule has 1 fully saturated rings. The van der Waals surface area contributed by atoms with E-state index in [0.29, 0.717) is 11.3 Å². The predicted octanol–water partition coefficient (Wildman–Crippen LogP) is 5.79. The second-order valence-electron chi connectivity index (χ2n) is 10.3. The first-order valence-electron chi connectivity index (χ1n) is 12.0. The summed E-state index contributed by atoms with van der Waals surface area (Å²) in [7, 11) is 1.60. The molecule has 1 aliphatic rings. The summed E-state index contributed by atoms with van der Waals surface area (Å²) in [6, 6.07) is 17.2. The van der Waals surface area contributed by atoms with Crippen LogP contribution in [0, 0.1) is 5.92 Å². The molecule has 3 atom stereocenters. The van der Waals surface area contributed by atoms with Gasteiger partial charge in [0.2, 0.25) is 0 Å². The van der Waals surface area contributed by atoms with Gasteiger partial charge in [0.05, 0.1) is 30.5 Å². The van der Waals surface area contributed by atoms with E-state index in [1.807, 2.05) is 30.3 Å². The molecule has 1 amide bonds. The third-order valence-corrected chi connectivity index (χ3v) is 6.41. The van der Waals surface area contributed by atoms with Crippen LogP contribution >= 0.6 is 0 Å². The highest BCUT2D eigenvalue weighted by atomic mass is 19.4. The Bertz CT molecular complexity index is 1190. The van der Waals surface area contributed by atoms with Gasteiger partial charge in [0.25, 0.3) is 0 Å². The molecule has 2 heterocycles. The van der Waals surface area contributed by atoms with E-state index in [2.05, 4.69) is 10.3 Å². The molecule has 0 bridgehead atoms. The van der Waals surface area contributed by atoms with Crippen LogP contribution in [0.2, 0.25) is 0 Å². The summed E-state index contributed by atoms with van der Waals surface area (Å²) in [5, 5.41) is 7.97. The quantitative estimate of drug-likeness (QED) is 0.430. The van der Waals surface area contributed by atoms with Gasteiger partial charge >= 0.3 is 12.3 Å². The molecule has 2 aromatic carbocycles. The molecule has 0 spiro atoms. The van der Waals surface area contributed by atoms with Crippen LogP contribution in [-0.4, -0.2) is 44.3 Å². The molecule has 0 aliphatic carbocycles. The summed E-state index contributed by atoms with van der Waals surface area (Å²) < 4.78 is 56.8. The monoisotopic (exact) mass is 516 g/mol. The van der Waals surface area contributed by atoms with Gasteiger partial charge in [-0.05, 0) is 38.3 Å². The fraction of sp³-hybridized carbons (Fsp3) is 0.444. The number of carbonyl (C=O) groups excluding carboxylic acids is 1. The average Bonchev–Trinajstić information content (AvgIpc) is 3.28. The van der Waals surface area contributed by atoms with Crippen molar-refractivity contribution in [3.63, 3.8) is 0 Å². The van der Waals surface area contributed by atoms with Crippen LogP contribution in [-0.2, 0) is 28.7 Å². The lowest BCUT2D eigenvalue weighted by Gasteiger charge is -2.52. The number of carbonyl (C=O) groups is 1. The van der Waals surface area contributed by atoms with E-state index in [-0.39, 0.29) is 6.61 Å². The number of halogens is 3. The average molecular weight is 517 g/mol. The number of ether oxygens (including phenoxy) is 2. The molecule has 0 radical (unpaired) electrons. The third-order valence-electron chi connectivity index (χ3n) is 6.41. The van der Waals surface area contributed by atoms with Crippen molar-refractivity contribution in [1.82, 2.24) is 19.9 Å². The predicted molar refractivity (Wildman–Crippen MR) is 130 cm³/mol. The van der Waals surface area contributed by atoms with E-state index in [0.717, 1.165) is 10.5 Å². The summed E-state index contributed by atoms with van der Waals surface area (Å²) in [6.07, 6.45) is -4.45. The zero-order chi connectivity index (χ0) is 26.8. The SMILES string of the molecule is Cn1nncc1C1(OCc2ccccc2)CC(C(F)(F)F)CN(C(=O)OC(C)(C)C)C1c1ccccc1. The molecule has 4 rings (SSSR count). The maximum absolute atomic E-state index is 14.4.